The standard InChI is InChI=1S/C17H19ClN4O2/c18-13-5-1-2-6-15(13)22-12-8-14(17(22)24)20-16(23)7-3-10-21-11-4-9-19-21/h1-2,4-6,9,11,14H,3,7-8,10,12H2,(H,20,23)/t14-/m0/s1. The number of para-hydroxylation sites is 1. The monoisotopic (exact) mass is 346 g/mol. The zero-order valence-electron chi connectivity index (χ0n) is 13.2. The highest BCUT2D eigenvalue weighted by Crippen LogP contribution is 2.28. The third-order valence-corrected chi connectivity index (χ3v) is 4.35. The van der Waals surface area contributed by atoms with E-state index in [0.29, 0.717) is 43.1 Å². The number of rotatable bonds is 6. The minimum absolute atomic E-state index is 0.108. The summed E-state index contributed by atoms with van der Waals surface area (Å²) in [6.45, 7) is 1.24. The molecule has 1 aromatic heterocycles. The molecule has 6 nitrogen and oxygen atoms in total. The smallest absolute Gasteiger partial charge is 0.249 e. The first-order valence-electron chi connectivity index (χ1n) is 7.98. The van der Waals surface area contributed by atoms with Gasteiger partial charge in [-0.05, 0) is 31.0 Å². The van der Waals surface area contributed by atoms with Crippen molar-refractivity contribution in [2.75, 3.05) is 11.4 Å². The molecule has 1 N–H and O–H groups in total. The van der Waals surface area contributed by atoms with Crippen LogP contribution in [0.25, 0.3) is 0 Å². The largest absolute Gasteiger partial charge is 0.344 e. The highest BCUT2D eigenvalue weighted by molar-refractivity contribution is 6.34. The number of carbonyl (C=O) groups excluding carboxylic acids is 2. The van der Waals surface area contributed by atoms with Crippen molar-refractivity contribution < 1.29 is 9.59 Å². The van der Waals surface area contributed by atoms with E-state index in [4.69, 9.17) is 11.6 Å². The number of carbonyl (C=O) groups is 2. The molecule has 1 atom stereocenters. The van der Waals surface area contributed by atoms with Gasteiger partial charge in [-0.1, -0.05) is 23.7 Å². The van der Waals surface area contributed by atoms with Crippen LogP contribution in [0.3, 0.4) is 0 Å². The van der Waals surface area contributed by atoms with Crippen molar-refractivity contribution in [1.82, 2.24) is 15.1 Å². The van der Waals surface area contributed by atoms with Crippen LogP contribution >= 0.6 is 11.6 Å². The molecule has 24 heavy (non-hydrogen) atoms. The second-order valence-electron chi connectivity index (χ2n) is 5.72. The molecule has 1 aromatic carbocycles. The molecule has 126 valence electrons. The lowest BCUT2D eigenvalue weighted by molar-refractivity contribution is -0.126. The first-order valence-corrected chi connectivity index (χ1v) is 8.35. The third kappa shape index (κ3) is 3.76. The van der Waals surface area contributed by atoms with Gasteiger partial charge in [-0.3, -0.25) is 14.3 Å². The molecule has 0 aliphatic carbocycles. The van der Waals surface area contributed by atoms with E-state index in [-0.39, 0.29) is 11.8 Å². The van der Waals surface area contributed by atoms with Crippen molar-refractivity contribution in [2.24, 2.45) is 0 Å². The first-order chi connectivity index (χ1) is 11.6. The molecule has 2 aromatic rings. The molecule has 1 saturated heterocycles. The normalized spacial score (nSPS) is 17.3. The van der Waals surface area contributed by atoms with Gasteiger partial charge in [0.15, 0.2) is 0 Å². The van der Waals surface area contributed by atoms with Crippen LogP contribution < -0.4 is 10.2 Å². The van der Waals surface area contributed by atoms with Crippen LogP contribution in [0, 0.1) is 0 Å². The summed E-state index contributed by atoms with van der Waals surface area (Å²) in [7, 11) is 0. The Hall–Kier alpha value is -2.34. The second-order valence-corrected chi connectivity index (χ2v) is 6.13. The molecule has 0 saturated carbocycles. The number of benzene rings is 1. The Balaban J connectivity index is 1.50. The SMILES string of the molecule is O=C(CCCn1cccn1)N[C@H]1CCN(c2ccccc2Cl)C1=O. The van der Waals surface area contributed by atoms with Crippen LogP contribution in [-0.4, -0.2) is 34.2 Å². The van der Waals surface area contributed by atoms with Crippen LogP contribution in [0.1, 0.15) is 19.3 Å². The fourth-order valence-electron chi connectivity index (χ4n) is 2.82. The van der Waals surface area contributed by atoms with Crippen LogP contribution in [0.5, 0.6) is 0 Å². The number of aromatic nitrogens is 2. The minimum atomic E-state index is -0.474. The Morgan fingerprint density at radius 2 is 2.17 bits per heavy atom. The highest BCUT2D eigenvalue weighted by Gasteiger charge is 2.34. The van der Waals surface area contributed by atoms with Gasteiger partial charge in [0.05, 0.1) is 10.7 Å². The summed E-state index contributed by atoms with van der Waals surface area (Å²) < 4.78 is 1.78. The Morgan fingerprint density at radius 3 is 2.92 bits per heavy atom. The Morgan fingerprint density at radius 1 is 1.33 bits per heavy atom. The summed E-state index contributed by atoms with van der Waals surface area (Å²) in [6, 6.07) is 8.61. The molecular weight excluding hydrogens is 328 g/mol. The quantitative estimate of drug-likeness (QED) is 0.872. The molecule has 1 aliphatic rings. The predicted octanol–water partition coefficient (Wildman–Crippen LogP) is 2.24. The number of hydrogen-bond acceptors (Lipinski definition) is 3. The van der Waals surface area contributed by atoms with E-state index >= 15 is 0 Å². The van der Waals surface area contributed by atoms with Crippen LogP contribution in [0.4, 0.5) is 5.69 Å². The molecule has 0 unspecified atom stereocenters. The molecular formula is C17H19ClN4O2. The summed E-state index contributed by atoms with van der Waals surface area (Å²) in [5.41, 5.74) is 0.694. The van der Waals surface area contributed by atoms with E-state index in [1.54, 1.807) is 21.8 Å². The van der Waals surface area contributed by atoms with Crippen molar-refractivity contribution in [1.29, 1.82) is 0 Å². The first kappa shape index (κ1) is 16.5. The predicted molar refractivity (Wildman–Crippen MR) is 91.8 cm³/mol. The molecule has 7 heteroatoms. The maximum Gasteiger partial charge on any atom is 0.249 e. The summed E-state index contributed by atoms with van der Waals surface area (Å²) in [5.74, 6) is -0.218. The average molecular weight is 347 g/mol. The van der Waals surface area contributed by atoms with E-state index < -0.39 is 6.04 Å². The summed E-state index contributed by atoms with van der Waals surface area (Å²) in [5, 5.41) is 7.46. The second kappa shape index (κ2) is 7.49. The fraction of sp³-hybridized carbons (Fsp3) is 0.353. The lowest BCUT2D eigenvalue weighted by atomic mass is 10.2. The van der Waals surface area contributed by atoms with Crippen molar-refractivity contribution in [3.63, 3.8) is 0 Å². The van der Waals surface area contributed by atoms with Crippen LogP contribution in [0.2, 0.25) is 5.02 Å². The number of halogens is 1. The molecule has 2 amide bonds. The van der Waals surface area contributed by atoms with Crippen molar-refractivity contribution in [2.45, 2.75) is 31.8 Å². The van der Waals surface area contributed by atoms with E-state index in [9.17, 15) is 9.59 Å². The fourth-order valence-corrected chi connectivity index (χ4v) is 3.06. The lowest BCUT2D eigenvalue weighted by Crippen LogP contribution is -2.41. The highest BCUT2D eigenvalue weighted by atomic mass is 35.5. The van der Waals surface area contributed by atoms with Crippen LogP contribution in [-0.2, 0) is 16.1 Å². The maximum atomic E-state index is 12.5. The van der Waals surface area contributed by atoms with E-state index in [1.165, 1.54) is 0 Å². The van der Waals surface area contributed by atoms with Crippen LogP contribution in [0.15, 0.2) is 42.7 Å². The van der Waals surface area contributed by atoms with E-state index in [1.807, 2.05) is 30.5 Å². The number of anilines is 1. The van der Waals surface area contributed by atoms with Gasteiger partial charge in [0.25, 0.3) is 0 Å². The average Bonchev–Trinajstić information content (AvgIpc) is 3.19. The number of nitrogens with one attached hydrogen (secondary N) is 1. The zero-order valence-corrected chi connectivity index (χ0v) is 13.9. The molecule has 1 fully saturated rings. The minimum Gasteiger partial charge on any atom is -0.344 e. The molecule has 3 rings (SSSR count). The Kier molecular flexibility index (Phi) is 5.15. The van der Waals surface area contributed by atoms with Gasteiger partial charge in [0.1, 0.15) is 6.04 Å². The van der Waals surface area contributed by atoms with Gasteiger partial charge in [0, 0.05) is 31.9 Å². The van der Waals surface area contributed by atoms with Gasteiger partial charge in [-0.2, -0.15) is 5.10 Å². The van der Waals surface area contributed by atoms with E-state index in [2.05, 4.69) is 10.4 Å². The summed E-state index contributed by atoms with van der Waals surface area (Å²) in [4.78, 5) is 26.2. The van der Waals surface area contributed by atoms with Gasteiger partial charge in [-0.15, -0.1) is 0 Å². The van der Waals surface area contributed by atoms with Gasteiger partial charge >= 0.3 is 0 Å². The van der Waals surface area contributed by atoms with Crippen molar-refractivity contribution in [3.8, 4) is 0 Å². The van der Waals surface area contributed by atoms with Crippen molar-refractivity contribution >= 4 is 29.1 Å². The molecule has 0 spiro atoms. The Labute approximate surface area is 145 Å². The number of nitrogens with zero attached hydrogens (tertiary/aromatic N) is 3. The molecule has 1 aliphatic heterocycles. The van der Waals surface area contributed by atoms with Gasteiger partial charge in [0.2, 0.25) is 11.8 Å². The topological polar surface area (TPSA) is 67.2 Å². The zero-order chi connectivity index (χ0) is 16.9. The Bertz CT molecular complexity index is 717. The number of hydrogen-bond donors (Lipinski definition) is 1. The van der Waals surface area contributed by atoms with E-state index in [0.717, 1.165) is 0 Å². The van der Waals surface area contributed by atoms with Crippen molar-refractivity contribution in [3.05, 3.63) is 47.7 Å². The van der Waals surface area contributed by atoms with Gasteiger partial charge < -0.3 is 10.2 Å². The molecule has 2 heterocycles. The number of amides is 2. The lowest BCUT2D eigenvalue weighted by Gasteiger charge is -2.18. The maximum absolute atomic E-state index is 12.5. The third-order valence-electron chi connectivity index (χ3n) is 4.03. The molecule has 0 radical (unpaired) electrons. The summed E-state index contributed by atoms with van der Waals surface area (Å²) in [6.07, 6.45) is 5.22. The summed E-state index contributed by atoms with van der Waals surface area (Å²) >= 11 is 6.15. The molecule has 0 bridgehead atoms. The number of aryl methyl sites for hydroxylation is 1. The van der Waals surface area contributed by atoms with Gasteiger partial charge in [-0.25, -0.2) is 0 Å².